The highest BCUT2D eigenvalue weighted by molar-refractivity contribution is 5.37. The zero-order chi connectivity index (χ0) is 13.5. The largest absolute Gasteiger partial charge is 0.493 e. The number of nitrogens with two attached hydrogens (primary N) is 1. The van der Waals surface area contributed by atoms with Crippen LogP contribution < -0.4 is 10.5 Å². The summed E-state index contributed by atoms with van der Waals surface area (Å²) in [4.78, 5) is 0. The molecule has 0 spiro atoms. The fourth-order valence-electron chi connectivity index (χ4n) is 3.67. The topological polar surface area (TPSA) is 55.5 Å². The van der Waals surface area contributed by atoms with Crippen molar-refractivity contribution in [1.82, 2.24) is 0 Å². The van der Waals surface area contributed by atoms with E-state index in [4.69, 9.17) is 10.5 Å². The molecule has 3 N–H and O–H groups in total. The van der Waals surface area contributed by atoms with E-state index >= 15 is 0 Å². The lowest BCUT2D eigenvalue weighted by Crippen LogP contribution is -2.59. The van der Waals surface area contributed by atoms with E-state index in [-0.39, 0.29) is 5.41 Å². The van der Waals surface area contributed by atoms with Crippen molar-refractivity contribution in [3.8, 4) is 5.75 Å². The van der Waals surface area contributed by atoms with E-state index in [0.29, 0.717) is 19.1 Å². The molecule has 104 valence electrons. The minimum atomic E-state index is -0.685. The number of benzene rings is 1. The van der Waals surface area contributed by atoms with Crippen LogP contribution in [0.15, 0.2) is 24.3 Å². The molecule has 0 amide bonds. The molecule has 2 aliphatic rings. The van der Waals surface area contributed by atoms with Crippen molar-refractivity contribution in [3.63, 3.8) is 0 Å². The summed E-state index contributed by atoms with van der Waals surface area (Å²) >= 11 is 0. The van der Waals surface area contributed by atoms with Gasteiger partial charge in [-0.1, -0.05) is 25.1 Å². The Morgan fingerprint density at radius 3 is 2.79 bits per heavy atom. The minimum absolute atomic E-state index is 0.336. The number of hydrogen-bond acceptors (Lipinski definition) is 3. The maximum Gasteiger partial charge on any atom is 0.122 e. The van der Waals surface area contributed by atoms with Crippen LogP contribution in [0.25, 0.3) is 0 Å². The molecule has 1 aliphatic heterocycles. The van der Waals surface area contributed by atoms with Gasteiger partial charge in [0, 0.05) is 12.0 Å². The second-order valence-corrected chi connectivity index (χ2v) is 6.11. The third-order valence-electron chi connectivity index (χ3n) is 5.11. The van der Waals surface area contributed by atoms with E-state index in [9.17, 15) is 5.11 Å². The Kier molecular flexibility index (Phi) is 3.06. The van der Waals surface area contributed by atoms with Crippen LogP contribution in [0, 0.1) is 11.3 Å². The Morgan fingerprint density at radius 1 is 1.42 bits per heavy atom. The highest BCUT2D eigenvalue weighted by atomic mass is 16.5. The molecule has 1 aliphatic carbocycles. The van der Waals surface area contributed by atoms with Crippen LogP contribution in [0.2, 0.25) is 0 Å². The number of hydrogen-bond donors (Lipinski definition) is 2. The predicted octanol–water partition coefficient (Wildman–Crippen LogP) is 2.12. The summed E-state index contributed by atoms with van der Waals surface area (Å²) in [5, 5.41) is 11.2. The van der Waals surface area contributed by atoms with Gasteiger partial charge in [-0.2, -0.15) is 0 Å². The van der Waals surface area contributed by atoms with Gasteiger partial charge in [-0.15, -0.1) is 0 Å². The zero-order valence-corrected chi connectivity index (χ0v) is 11.6. The smallest absolute Gasteiger partial charge is 0.122 e. The van der Waals surface area contributed by atoms with Crippen LogP contribution in [0.4, 0.5) is 0 Å². The van der Waals surface area contributed by atoms with Gasteiger partial charge in [0.25, 0.3) is 0 Å². The van der Waals surface area contributed by atoms with E-state index in [0.717, 1.165) is 31.4 Å². The molecule has 2 unspecified atom stereocenters. The van der Waals surface area contributed by atoms with Crippen molar-refractivity contribution in [2.24, 2.45) is 17.1 Å². The van der Waals surface area contributed by atoms with Crippen molar-refractivity contribution in [3.05, 3.63) is 29.8 Å². The van der Waals surface area contributed by atoms with E-state index in [2.05, 4.69) is 13.0 Å². The highest BCUT2D eigenvalue weighted by Gasteiger charge is 2.57. The first kappa shape index (κ1) is 12.9. The lowest BCUT2D eigenvalue weighted by atomic mass is 9.64. The fraction of sp³-hybridized carbons (Fsp3) is 0.625. The summed E-state index contributed by atoms with van der Waals surface area (Å²) in [6, 6.07) is 8.10. The second-order valence-electron chi connectivity index (χ2n) is 6.11. The SMILES string of the molecule is CCC(O)(C1CC1)C1(CN)COc2ccccc2C1. The first-order valence-electron chi connectivity index (χ1n) is 7.28. The molecule has 3 nitrogen and oxygen atoms in total. The third-order valence-corrected chi connectivity index (χ3v) is 5.11. The van der Waals surface area contributed by atoms with Gasteiger partial charge in [-0.05, 0) is 43.2 Å². The zero-order valence-electron chi connectivity index (χ0n) is 11.6. The Hall–Kier alpha value is -1.06. The second kappa shape index (κ2) is 4.50. The summed E-state index contributed by atoms with van der Waals surface area (Å²) in [6.45, 7) is 3.07. The van der Waals surface area contributed by atoms with Gasteiger partial charge in [0.15, 0.2) is 0 Å². The average Bonchev–Trinajstić information content (AvgIpc) is 3.30. The molecule has 1 aromatic rings. The van der Waals surface area contributed by atoms with Crippen molar-refractivity contribution < 1.29 is 9.84 Å². The molecular formula is C16H23NO2. The Balaban J connectivity index is 1.97. The number of para-hydroxylation sites is 1. The van der Waals surface area contributed by atoms with Crippen LogP contribution in [-0.2, 0) is 6.42 Å². The van der Waals surface area contributed by atoms with Crippen molar-refractivity contribution >= 4 is 0 Å². The summed E-state index contributed by atoms with van der Waals surface area (Å²) in [6.07, 6.45) is 3.81. The molecule has 1 fully saturated rings. The summed E-state index contributed by atoms with van der Waals surface area (Å²) in [5.74, 6) is 1.34. The lowest BCUT2D eigenvalue weighted by molar-refractivity contribution is -0.124. The van der Waals surface area contributed by atoms with Crippen LogP contribution in [-0.4, -0.2) is 23.9 Å². The molecule has 0 radical (unpaired) electrons. The van der Waals surface area contributed by atoms with Crippen LogP contribution in [0.1, 0.15) is 31.7 Å². The summed E-state index contributed by atoms with van der Waals surface area (Å²) in [5.41, 5.74) is 6.23. The van der Waals surface area contributed by atoms with Gasteiger partial charge in [-0.25, -0.2) is 0 Å². The maximum atomic E-state index is 11.2. The number of ether oxygens (including phenoxy) is 1. The maximum absolute atomic E-state index is 11.2. The molecule has 1 saturated carbocycles. The van der Waals surface area contributed by atoms with Gasteiger partial charge in [-0.3, -0.25) is 0 Å². The number of rotatable bonds is 4. The molecule has 0 saturated heterocycles. The molecule has 1 aromatic carbocycles. The molecule has 2 atom stereocenters. The van der Waals surface area contributed by atoms with Gasteiger partial charge in [0.2, 0.25) is 0 Å². The molecular weight excluding hydrogens is 238 g/mol. The van der Waals surface area contributed by atoms with Crippen molar-refractivity contribution in [1.29, 1.82) is 0 Å². The van der Waals surface area contributed by atoms with Crippen LogP contribution in [0.3, 0.4) is 0 Å². The van der Waals surface area contributed by atoms with Gasteiger partial charge in [0.1, 0.15) is 5.75 Å². The van der Waals surface area contributed by atoms with Crippen LogP contribution >= 0.6 is 0 Å². The van der Waals surface area contributed by atoms with Crippen LogP contribution in [0.5, 0.6) is 5.75 Å². The molecule has 1 heterocycles. The molecule has 0 bridgehead atoms. The number of aliphatic hydroxyl groups is 1. The lowest BCUT2D eigenvalue weighted by Gasteiger charge is -2.49. The van der Waals surface area contributed by atoms with Crippen molar-refractivity contribution in [2.75, 3.05) is 13.2 Å². The monoisotopic (exact) mass is 261 g/mol. The average molecular weight is 261 g/mol. The highest BCUT2D eigenvalue weighted by Crippen LogP contribution is 2.53. The van der Waals surface area contributed by atoms with Gasteiger partial charge >= 0.3 is 0 Å². The summed E-state index contributed by atoms with van der Waals surface area (Å²) in [7, 11) is 0. The molecule has 3 heteroatoms. The van der Waals surface area contributed by atoms with E-state index in [1.165, 1.54) is 5.56 Å². The van der Waals surface area contributed by atoms with Crippen molar-refractivity contribution in [2.45, 2.75) is 38.2 Å². The number of fused-ring (bicyclic) bond motifs is 1. The Labute approximate surface area is 114 Å². The Bertz CT molecular complexity index is 472. The Morgan fingerprint density at radius 2 is 2.16 bits per heavy atom. The van der Waals surface area contributed by atoms with E-state index < -0.39 is 5.60 Å². The van der Waals surface area contributed by atoms with Gasteiger partial charge < -0.3 is 15.6 Å². The fourth-order valence-corrected chi connectivity index (χ4v) is 3.67. The quantitative estimate of drug-likeness (QED) is 0.873. The molecule has 19 heavy (non-hydrogen) atoms. The van der Waals surface area contributed by atoms with Gasteiger partial charge in [0.05, 0.1) is 12.2 Å². The first-order chi connectivity index (χ1) is 9.15. The molecule has 3 rings (SSSR count). The van der Waals surface area contributed by atoms with E-state index in [1.54, 1.807) is 0 Å². The third kappa shape index (κ3) is 1.87. The molecule has 0 aromatic heterocycles. The standard InChI is InChI=1S/C16H23NO2/c1-2-16(18,13-7-8-13)15(10-17)9-12-5-3-4-6-14(12)19-11-15/h3-6,13,18H,2,7-11,17H2,1H3. The minimum Gasteiger partial charge on any atom is -0.493 e. The first-order valence-corrected chi connectivity index (χ1v) is 7.28. The summed E-state index contributed by atoms with van der Waals surface area (Å²) < 4.78 is 5.92. The normalized spacial score (nSPS) is 29.2. The predicted molar refractivity (Wildman–Crippen MR) is 75.1 cm³/mol. The van der Waals surface area contributed by atoms with E-state index in [1.807, 2.05) is 18.2 Å².